The molecule has 0 unspecified atom stereocenters. The van der Waals surface area contributed by atoms with Crippen molar-refractivity contribution in [1.29, 1.82) is 0 Å². The summed E-state index contributed by atoms with van der Waals surface area (Å²) in [6.07, 6.45) is 6.45. The Morgan fingerprint density at radius 2 is 1.48 bits per heavy atom. The highest BCUT2D eigenvalue weighted by Crippen LogP contribution is 2.22. The van der Waals surface area contributed by atoms with E-state index in [9.17, 15) is 25.0 Å². The second kappa shape index (κ2) is 9.50. The van der Waals surface area contributed by atoms with Crippen molar-refractivity contribution in [3.63, 3.8) is 0 Å². The molecule has 1 aromatic carbocycles. The lowest BCUT2D eigenvalue weighted by Gasteiger charge is -2.05. The van der Waals surface area contributed by atoms with Gasteiger partial charge in [0.15, 0.2) is 0 Å². The number of hydrogen-bond donors (Lipinski definition) is 1. The number of nitrogens with zero attached hydrogens (tertiary/aromatic N) is 2. The molecule has 8 heteroatoms. The Labute approximate surface area is 134 Å². The molecule has 1 N–H and O–H groups in total. The highest BCUT2D eigenvalue weighted by Gasteiger charge is 2.19. The van der Waals surface area contributed by atoms with Crippen LogP contribution in [0.25, 0.3) is 0 Å². The van der Waals surface area contributed by atoms with Crippen molar-refractivity contribution < 1.29 is 14.6 Å². The van der Waals surface area contributed by atoms with Crippen molar-refractivity contribution in [3.05, 3.63) is 44.0 Å². The predicted molar refractivity (Wildman–Crippen MR) is 85.5 cm³/mol. The van der Waals surface area contributed by atoms with E-state index in [0.717, 1.165) is 37.5 Å². The molecule has 0 radical (unpaired) electrons. The molecule has 23 heavy (non-hydrogen) atoms. The van der Waals surface area contributed by atoms with E-state index in [1.165, 1.54) is 19.3 Å². The molecule has 0 aromatic heterocycles. The second-order valence-corrected chi connectivity index (χ2v) is 5.28. The van der Waals surface area contributed by atoms with Crippen LogP contribution < -0.4 is 5.32 Å². The molecule has 0 bridgehead atoms. The molecule has 8 nitrogen and oxygen atoms in total. The smallest absolute Gasteiger partial charge is 0.277 e. The van der Waals surface area contributed by atoms with Crippen LogP contribution in [0.2, 0.25) is 0 Å². The summed E-state index contributed by atoms with van der Waals surface area (Å²) in [5.74, 6) is -0.537. The van der Waals surface area contributed by atoms with Crippen LogP contribution in [-0.2, 0) is 0 Å². The van der Waals surface area contributed by atoms with Crippen molar-refractivity contribution in [3.8, 4) is 0 Å². The maximum absolute atomic E-state index is 12.0. The lowest BCUT2D eigenvalue weighted by atomic mass is 10.1. The summed E-state index contributed by atoms with van der Waals surface area (Å²) >= 11 is 0. The van der Waals surface area contributed by atoms with Gasteiger partial charge in [0, 0.05) is 18.7 Å². The van der Waals surface area contributed by atoms with E-state index < -0.39 is 27.1 Å². The summed E-state index contributed by atoms with van der Waals surface area (Å²) in [6.45, 7) is 2.58. The zero-order valence-corrected chi connectivity index (χ0v) is 13.1. The number of nitrogens with one attached hydrogen (secondary N) is 1. The Morgan fingerprint density at radius 3 is 2.00 bits per heavy atom. The number of nitro benzene ring substituents is 2. The van der Waals surface area contributed by atoms with Gasteiger partial charge in [0.1, 0.15) is 0 Å². The summed E-state index contributed by atoms with van der Waals surface area (Å²) in [6, 6.07) is 2.93. The van der Waals surface area contributed by atoms with Gasteiger partial charge in [-0.25, -0.2) is 0 Å². The van der Waals surface area contributed by atoms with Crippen molar-refractivity contribution in [2.75, 3.05) is 6.54 Å². The minimum absolute atomic E-state index is 0.0723. The molecular weight excluding hydrogens is 302 g/mol. The molecule has 0 aliphatic carbocycles. The third kappa shape index (κ3) is 6.41. The average molecular weight is 323 g/mol. The number of hydrogen-bond acceptors (Lipinski definition) is 5. The normalized spacial score (nSPS) is 10.3. The number of benzene rings is 1. The van der Waals surface area contributed by atoms with Gasteiger partial charge in [-0.05, 0) is 6.42 Å². The van der Waals surface area contributed by atoms with E-state index >= 15 is 0 Å². The number of amides is 1. The van der Waals surface area contributed by atoms with E-state index in [-0.39, 0.29) is 5.56 Å². The first kappa shape index (κ1) is 18.5. The van der Waals surface area contributed by atoms with E-state index in [1.807, 2.05) is 0 Å². The number of nitro groups is 2. The Kier molecular flexibility index (Phi) is 7.65. The summed E-state index contributed by atoms with van der Waals surface area (Å²) in [5.41, 5.74) is -1.01. The van der Waals surface area contributed by atoms with Crippen LogP contribution >= 0.6 is 0 Å². The zero-order chi connectivity index (χ0) is 17.2. The van der Waals surface area contributed by atoms with Crippen LogP contribution in [0, 0.1) is 20.2 Å². The quantitative estimate of drug-likeness (QED) is 0.401. The third-order valence-electron chi connectivity index (χ3n) is 3.40. The standard InChI is InChI=1S/C15H21N3O5/c1-2-3-4-5-6-7-8-16-15(19)12-9-13(17(20)21)11-14(10-12)18(22)23/h9-11H,2-8H2,1H3,(H,16,19). The first-order valence-corrected chi connectivity index (χ1v) is 7.67. The van der Waals surface area contributed by atoms with Crippen LogP contribution in [0.3, 0.4) is 0 Å². The molecule has 0 saturated heterocycles. The van der Waals surface area contributed by atoms with Gasteiger partial charge in [0.25, 0.3) is 17.3 Å². The van der Waals surface area contributed by atoms with Crippen LogP contribution in [-0.4, -0.2) is 22.3 Å². The molecule has 0 aliphatic rings. The van der Waals surface area contributed by atoms with Crippen LogP contribution in [0.15, 0.2) is 18.2 Å². The minimum Gasteiger partial charge on any atom is -0.352 e. The first-order chi connectivity index (χ1) is 11.0. The molecular formula is C15H21N3O5. The highest BCUT2D eigenvalue weighted by atomic mass is 16.6. The highest BCUT2D eigenvalue weighted by molar-refractivity contribution is 5.95. The van der Waals surface area contributed by atoms with Crippen molar-refractivity contribution >= 4 is 17.3 Å². The summed E-state index contributed by atoms with van der Waals surface area (Å²) in [4.78, 5) is 32.0. The maximum atomic E-state index is 12.0. The molecule has 0 spiro atoms. The Bertz CT molecular complexity index is 542. The molecule has 0 aliphatic heterocycles. The van der Waals surface area contributed by atoms with Gasteiger partial charge in [0.05, 0.1) is 21.5 Å². The first-order valence-electron chi connectivity index (χ1n) is 7.67. The fourth-order valence-electron chi connectivity index (χ4n) is 2.15. The average Bonchev–Trinajstić information content (AvgIpc) is 2.53. The fraction of sp³-hybridized carbons (Fsp3) is 0.533. The molecule has 1 amide bonds. The molecule has 0 atom stereocenters. The lowest BCUT2D eigenvalue weighted by molar-refractivity contribution is -0.394. The molecule has 0 fully saturated rings. The minimum atomic E-state index is -0.752. The van der Waals surface area contributed by atoms with Crippen molar-refractivity contribution in [2.24, 2.45) is 0 Å². The van der Waals surface area contributed by atoms with Crippen LogP contribution in [0.4, 0.5) is 11.4 Å². The Balaban J connectivity index is 2.58. The van der Waals surface area contributed by atoms with Gasteiger partial charge in [0.2, 0.25) is 0 Å². The number of non-ortho nitro benzene ring substituents is 2. The fourth-order valence-corrected chi connectivity index (χ4v) is 2.15. The second-order valence-electron chi connectivity index (χ2n) is 5.28. The number of rotatable bonds is 10. The molecule has 0 saturated carbocycles. The summed E-state index contributed by atoms with van der Waals surface area (Å²) in [5, 5.41) is 24.2. The molecule has 1 aromatic rings. The number of carbonyl (C=O) groups is 1. The SMILES string of the molecule is CCCCCCCCNC(=O)c1cc([N+](=O)[O-])cc([N+](=O)[O-])c1. The van der Waals surface area contributed by atoms with Gasteiger partial charge in [-0.2, -0.15) is 0 Å². The summed E-state index contributed by atoms with van der Waals surface area (Å²) < 4.78 is 0. The van der Waals surface area contributed by atoms with Gasteiger partial charge in [-0.15, -0.1) is 0 Å². The van der Waals surface area contributed by atoms with Gasteiger partial charge < -0.3 is 5.32 Å². The number of carbonyl (C=O) groups excluding carboxylic acids is 1. The van der Waals surface area contributed by atoms with Crippen molar-refractivity contribution in [1.82, 2.24) is 5.32 Å². The monoisotopic (exact) mass is 323 g/mol. The Hall–Kier alpha value is -2.51. The summed E-state index contributed by atoms with van der Waals surface area (Å²) in [7, 11) is 0. The largest absolute Gasteiger partial charge is 0.352 e. The Morgan fingerprint density at radius 1 is 0.957 bits per heavy atom. The molecule has 0 heterocycles. The topological polar surface area (TPSA) is 115 Å². The van der Waals surface area contributed by atoms with E-state index in [1.54, 1.807) is 0 Å². The molecule has 126 valence electrons. The lowest BCUT2D eigenvalue weighted by Crippen LogP contribution is -2.24. The van der Waals surface area contributed by atoms with Crippen molar-refractivity contribution in [2.45, 2.75) is 45.4 Å². The van der Waals surface area contributed by atoms with Gasteiger partial charge >= 0.3 is 0 Å². The van der Waals surface area contributed by atoms with Crippen LogP contribution in [0.5, 0.6) is 0 Å². The van der Waals surface area contributed by atoms with Gasteiger partial charge in [-0.3, -0.25) is 25.0 Å². The predicted octanol–water partition coefficient (Wildman–Crippen LogP) is 3.59. The van der Waals surface area contributed by atoms with E-state index in [4.69, 9.17) is 0 Å². The third-order valence-corrected chi connectivity index (χ3v) is 3.40. The number of unbranched alkanes of at least 4 members (excludes halogenated alkanes) is 5. The van der Waals surface area contributed by atoms with Gasteiger partial charge in [-0.1, -0.05) is 39.0 Å². The van der Waals surface area contributed by atoms with Crippen LogP contribution in [0.1, 0.15) is 55.8 Å². The van der Waals surface area contributed by atoms with E-state index in [2.05, 4.69) is 12.2 Å². The maximum Gasteiger partial charge on any atom is 0.277 e. The van der Waals surface area contributed by atoms with E-state index in [0.29, 0.717) is 6.54 Å². The zero-order valence-electron chi connectivity index (χ0n) is 13.1. The molecule has 1 rings (SSSR count).